The molecule has 1 rings (SSSR count). The Labute approximate surface area is 95.6 Å². The summed E-state index contributed by atoms with van der Waals surface area (Å²) in [5.74, 6) is 0.0878. The number of ether oxygens (including phenoxy) is 1. The average molecular weight is 222 g/mol. The van der Waals surface area contributed by atoms with Gasteiger partial charge in [-0.05, 0) is 38.5 Å². The molecule has 1 amide bonds. The third kappa shape index (κ3) is 2.89. The second kappa shape index (κ2) is 4.43. The summed E-state index contributed by atoms with van der Waals surface area (Å²) in [4.78, 5) is 10.9. The number of anilines is 1. The molecule has 0 aliphatic heterocycles. The van der Waals surface area contributed by atoms with Gasteiger partial charge in [-0.2, -0.15) is 0 Å². The van der Waals surface area contributed by atoms with Gasteiger partial charge in [-0.3, -0.25) is 4.79 Å². The van der Waals surface area contributed by atoms with Gasteiger partial charge in [0.25, 0.3) is 0 Å². The van der Waals surface area contributed by atoms with Crippen LogP contribution in [-0.2, 0) is 0 Å². The summed E-state index contributed by atoms with van der Waals surface area (Å²) >= 11 is 0. The standard InChI is InChI=1S/C12H18N2O2/c1-4-12(2,3)16-10-6-5-8(11(14)15)7-9(10)13/h5-7H,4,13H2,1-3H3,(H2,14,15). The quantitative estimate of drug-likeness (QED) is 0.764. The van der Waals surface area contributed by atoms with Gasteiger partial charge in [0.15, 0.2) is 0 Å². The Hall–Kier alpha value is -1.71. The van der Waals surface area contributed by atoms with Crippen molar-refractivity contribution in [3.05, 3.63) is 23.8 Å². The molecule has 0 unspecified atom stereocenters. The normalized spacial score (nSPS) is 11.2. The van der Waals surface area contributed by atoms with Gasteiger partial charge < -0.3 is 16.2 Å². The molecule has 0 aliphatic carbocycles. The summed E-state index contributed by atoms with van der Waals surface area (Å²) < 4.78 is 5.74. The van der Waals surface area contributed by atoms with Crippen LogP contribution in [0, 0.1) is 0 Å². The molecular formula is C12H18N2O2. The number of hydrogen-bond donors (Lipinski definition) is 2. The van der Waals surface area contributed by atoms with E-state index in [2.05, 4.69) is 0 Å². The Morgan fingerprint density at radius 2 is 2.06 bits per heavy atom. The summed E-state index contributed by atoms with van der Waals surface area (Å²) in [6, 6.07) is 4.82. The SMILES string of the molecule is CCC(C)(C)Oc1ccc(C(N)=O)cc1N. The minimum absolute atomic E-state index is 0.275. The first-order valence-electron chi connectivity index (χ1n) is 5.24. The zero-order valence-corrected chi connectivity index (χ0v) is 9.91. The van der Waals surface area contributed by atoms with Crippen LogP contribution < -0.4 is 16.2 Å². The number of hydrogen-bond acceptors (Lipinski definition) is 3. The fraction of sp³-hybridized carbons (Fsp3) is 0.417. The third-order valence-electron chi connectivity index (χ3n) is 2.53. The molecule has 0 atom stereocenters. The topological polar surface area (TPSA) is 78.3 Å². The van der Waals surface area contributed by atoms with Crippen LogP contribution in [0.25, 0.3) is 0 Å². The van der Waals surface area contributed by atoms with Crippen molar-refractivity contribution in [3.63, 3.8) is 0 Å². The number of benzene rings is 1. The zero-order chi connectivity index (χ0) is 12.3. The van der Waals surface area contributed by atoms with Crippen molar-refractivity contribution in [2.24, 2.45) is 5.73 Å². The molecule has 16 heavy (non-hydrogen) atoms. The van der Waals surface area contributed by atoms with Gasteiger partial charge in [0, 0.05) is 5.56 Å². The monoisotopic (exact) mass is 222 g/mol. The number of carbonyl (C=O) groups excluding carboxylic acids is 1. The van der Waals surface area contributed by atoms with Crippen molar-refractivity contribution in [1.29, 1.82) is 0 Å². The van der Waals surface area contributed by atoms with Crippen molar-refractivity contribution in [1.82, 2.24) is 0 Å². The Balaban J connectivity index is 2.96. The number of rotatable bonds is 4. The first-order chi connectivity index (χ1) is 7.35. The van der Waals surface area contributed by atoms with E-state index in [1.54, 1.807) is 12.1 Å². The van der Waals surface area contributed by atoms with Crippen molar-refractivity contribution in [2.45, 2.75) is 32.8 Å². The predicted octanol–water partition coefficient (Wildman–Crippen LogP) is 1.94. The molecule has 88 valence electrons. The van der Waals surface area contributed by atoms with E-state index in [0.29, 0.717) is 17.0 Å². The lowest BCUT2D eigenvalue weighted by atomic mass is 10.1. The third-order valence-corrected chi connectivity index (χ3v) is 2.53. The molecule has 0 bridgehead atoms. The fourth-order valence-electron chi connectivity index (χ4n) is 1.16. The average Bonchev–Trinajstić information content (AvgIpc) is 2.20. The number of nitrogens with two attached hydrogens (primary N) is 2. The molecule has 0 saturated heterocycles. The van der Waals surface area contributed by atoms with E-state index in [1.165, 1.54) is 6.07 Å². The zero-order valence-electron chi connectivity index (χ0n) is 9.91. The van der Waals surface area contributed by atoms with Crippen LogP contribution in [0.3, 0.4) is 0 Å². The first kappa shape index (κ1) is 12.4. The van der Waals surface area contributed by atoms with E-state index in [4.69, 9.17) is 16.2 Å². The van der Waals surface area contributed by atoms with Gasteiger partial charge in [-0.1, -0.05) is 6.92 Å². The van der Waals surface area contributed by atoms with Crippen LogP contribution in [0.15, 0.2) is 18.2 Å². The second-order valence-electron chi connectivity index (χ2n) is 4.33. The van der Waals surface area contributed by atoms with E-state index >= 15 is 0 Å². The van der Waals surface area contributed by atoms with Crippen LogP contribution in [0.2, 0.25) is 0 Å². The van der Waals surface area contributed by atoms with Gasteiger partial charge in [0.1, 0.15) is 11.4 Å². The van der Waals surface area contributed by atoms with Gasteiger partial charge in [0.2, 0.25) is 5.91 Å². The maximum Gasteiger partial charge on any atom is 0.248 e. The molecule has 4 nitrogen and oxygen atoms in total. The highest BCUT2D eigenvalue weighted by atomic mass is 16.5. The number of carbonyl (C=O) groups is 1. The smallest absolute Gasteiger partial charge is 0.248 e. The van der Waals surface area contributed by atoms with E-state index in [-0.39, 0.29) is 5.60 Å². The molecule has 4 heteroatoms. The molecule has 0 spiro atoms. The van der Waals surface area contributed by atoms with Gasteiger partial charge in [0.05, 0.1) is 5.69 Å². The lowest BCUT2D eigenvalue weighted by Crippen LogP contribution is -2.27. The van der Waals surface area contributed by atoms with Crippen LogP contribution in [0.5, 0.6) is 5.75 Å². The molecule has 0 aromatic heterocycles. The van der Waals surface area contributed by atoms with Crippen LogP contribution in [-0.4, -0.2) is 11.5 Å². The van der Waals surface area contributed by atoms with E-state index < -0.39 is 5.91 Å². The second-order valence-corrected chi connectivity index (χ2v) is 4.33. The molecular weight excluding hydrogens is 204 g/mol. The lowest BCUT2D eigenvalue weighted by Gasteiger charge is -2.25. The summed E-state index contributed by atoms with van der Waals surface area (Å²) in [6.45, 7) is 6.00. The minimum atomic E-state index is -0.493. The Bertz CT molecular complexity index is 400. The molecule has 1 aromatic carbocycles. The molecule has 4 N–H and O–H groups in total. The summed E-state index contributed by atoms with van der Waals surface area (Å²) in [7, 11) is 0. The van der Waals surface area contributed by atoms with Gasteiger partial charge in [-0.15, -0.1) is 0 Å². The molecule has 0 heterocycles. The molecule has 0 aliphatic rings. The fourth-order valence-corrected chi connectivity index (χ4v) is 1.16. The summed E-state index contributed by atoms with van der Waals surface area (Å²) in [5, 5.41) is 0. The molecule has 0 fully saturated rings. The van der Waals surface area contributed by atoms with Gasteiger partial charge >= 0.3 is 0 Å². The van der Waals surface area contributed by atoms with E-state index in [0.717, 1.165) is 6.42 Å². The van der Waals surface area contributed by atoms with Crippen LogP contribution >= 0.6 is 0 Å². The van der Waals surface area contributed by atoms with Crippen molar-refractivity contribution in [2.75, 3.05) is 5.73 Å². The maximum absolute atomic E-state index is 10.9. The van der Waals surface area contributed by atoms with Gasteiger partial charge in [-0.25, -0.2) is 0 Å². The predicted molar refractivity (Wildman–Crippen MR) is 64.4 cm³/mol. The Morgan fingerprint density at radius 1 is 1.44 bits per heavy atom. The highest BCUT2D eigenvalue weighted by Gasteiger charge is 2.18. The summed E-state index contributed by atoms with van der Waals surface area (Å²) in [5.41, 5.74) is 11.5. The minimum Gasteiger partial charge on any atom is -0.486 e. The van der Waals surface area contributed by atoms with Crippen molar-refractivity contribution in [3.8, 4) is 5.75 Å². The molecule has 0 saturated carbocycles. The van der Waals surface area contributed by atoms with E-state index in [9.17, 15) is 4.79 Å². The largest absolute Gasteiger partial charge is 0.486 e. The number of primary amides is 1. The summed E-state index contributed by atoms with van der Waals surface area (Å²) in [6.07, 6.45) is 0.865. The highest BCUT2D eigenvalue weighted by Crippen LogP contribution is 2.27. The van der Waals surface area contributed by atoms with Crippen molar-refractivity contribution < 1.29 is 9.53 Å². The van der Waals surface area contributed by atoms with Crippen LogP contribution in [0.4, 0.5) is 5.69 Å². The lowest BCUT2D eigenvalue weighted by molar-refractivity contribution is 0.0999. The first-order valence-corrected chi connectivity index (χ1v) is 5.24. The van der Waals surface area contributed by atoms with E-state index in [1.807, 2.05) is 20.8 Å². The number of nitrogen functional groups attached to an aromatic ring is 1. The molecule has 0 radical (unpaired) electrons. The highest BCUT2D eigenvalue weighted by molar-refractivity contribution is 5.94. The van der Waals surface area contributed by atoms with Crippen molar-refractivity contribution >= 4 is 11.6 Å². The Kier molecular flexibility index (Phi) is 3.42. The number of amides is 1. The van der Waals surface area contributed by atoms with Crippen LogP contribution in [0.1, 0.15) is 37.6 Å². The molecule has 1 aromatic rings. The Morgan fingerprint density at radius 3 is 2.50 bits per heavy atom. The maximum atomic E-state index is 10.9.